The molecule has 2 aromatic rings. The van der Waals surface area contributed by atoms with Crippen molar-refractivity contribution in [3.63, 3.8) is 0 Å². The summed E-state index contributed by atoms with van der Waals surface area (Å²) in [5, 5.41) is 18.1. The minimum Gasteiger partial charge on any atom is -0.391 e. The lowest BCUT2D eigenvalue weighted by Crippen LogP contribution is -2.51. The van der Waals surface area contributed by atoms with Crippen LogP contribution in [-0.2, 0) is 17.8 Å². The molecule has 0 saturated heterocycles. The molecule has 0 saturated carbocycles. The fourth-order valence-corrected chi connectivity index (χ4v) is 3.10. The molecule has 1 aromatic heterocycles. The smallest absolute Gasteiger partial charge is 0.242 e. The van der Waals surface area contributed by atoms with E-state index < -0.39 is 12.1 Å². The van der Waals surface area contributed by atoms with E-state index in [-0.39, 0.29) is 11.9 Å². The molecule has 1 aliphatic heterocycles. The van der Waals surface area contributed by atoms with Gasteiger partial charge < -0.3 is 20.3 Å². The van der Waals surface area contributed by atoms with E-state index in [1.165, 1.54) is 12.5 Å². The fourth-order valence-electron chi connectivity index (χ4n) is 3.10. The molecule has 0 bridgehead atoms. The van der Waals surface area contributed by atoms with Crippen molar-refractivity contribution in [1.29, 1.82) is 0 Å². The zero-order chi connectivity index (χ0) is 17.3. The normalized spacial score (nSPS) is 19.7. The van der Waals surface area contributed by atoms with Gasteiger partial charge in [-0.25, -0.2) is 0 Å². The summed E-state index contributed by atoms with van der Waals surface area (Å²) >= 11 is 0. The summed E-state index contributed by atoms with van der Waals surface area (Å²) in [5.41, 5.74) is 6.96. The van der Waals surface area contributed by atoms with Crippen LogP contribution >= 0.6 is 0 Å². The maximum Gasteiger partial charge on any atom is 0.242 e. The highest BCUT2D eigenvalue weighted by molar-refractivity contribution is 5.82. The summed E-state index contributed by atoms with van der Waals surface area (Å²) in [6, 6.07) is 9.27. The number of rotatable bonds is 4. The first-order valence-corrected chi connectivity index (χ1v) is 8.16. The van der Waals surface area contributed by atoms with E-state index in [0.717, 1.165) is 11.6 Å². The Labute approximate surface area is 141 Å². The topological polar surface area (TPSA) is 97.3 Å². The molecule has 1 aromatic carbocycles. The number of amides is 1. The van der Waals surface area contributed by atoms with Crippen molar-refractivity contribution >= 4 is 5.91 Å². The summed E-state index contributed by atoms with van der Waals surface area (Å²) in [6.07, 6.45) is -0.166. The molecule has 0 unspecified atom stereocenters. The summed E-state index contributed by atoms with van der Waals surface area (Å²) in [4.78, 5) is 14.0. The lowest BCUT2D eigenvalue weighted by atomic mass is 10.1. The van der Waals surface area contributed by atoms with E-state index >= 15 is 0 Å². The largest absolute Gasteiger partial charge is 0.391 e. The van der Waals surface area contributed by atoms with Crippen LogP contribution in [0.25, 0.3) is 0 Å². The Bertz CT molecular complexity index is 713. The molecule has 24 heavy (non-hydrogen) atoms. The Balaban J connectivity index is 1.80. The van der Waals surface area contributed by atoms with Gasteiger partial charge in [0.15, 0.2) is 5.82 Å². The molecule has 0 aliphatic carbocycles. The number of hydrogen-bond acceptors (Lipinski definition) is 5. The zero-order valence-corrected chi connectivity index (χ0v) is 14.0. The molecule has 1 amide bonds. The number of aromatic nitrogens is 3. The highest BCUT2D eigenvalue weighted by atomic mass is 16.3. The van der Waals surface area contributed by atoms with Crippen molar-refractivity contribution < 1.29 is 9.90 Å². The predicted molar refractivity (Wildman–Crippen MR) is 89.1 cm³/mol. The minimum absolute atomic E-state index is 0.0626. The number of carbonyl (C=O) groups is 1. The summed E-state index contributed by atoms with van der Waals surface area (Å²) in [5.74, 6) is 1.40. The number of benzene rings is 1. The van der Waals surface area contributed by atoms with Crippen molar-refractivity contribution in [3.05, 3.63) is 47.5 Å². The molecule has 7 nitrogen and oxygen atoms in total. The summed E-state index contributed by atoms with van der Waals surface area (Å²) in [6.45, 7) is 4.46. The van der Waals surface area contributed by atoms with Crippen molar-refractivity contribution in [3.8, 4) is 0 Å². The Hall–Kier alpha value is -2.25. The number of carbonyl (C=O) groups excluding carboxylic acids is 1. The lowest BCUT2D eigenvalue weighted by molar-refractivity contribution is -0.136. The van der Waals surface area contributed by atoms with Crippen molar-refractivity contribution in [2.75, 3.05) is 6.54 Å². The lowest BCUT2D eigenvalue weighted by Gasteiger charge is -2.34. The molecule has 7 heteroatoms. The molecule has 3 N–H and O–H groups in total. The van der Waals surface area contributed by atoms with Crippen LogP contribution in [0.5, 0.6) is 0 Å². The van der Waals surface area contributed by atoms with E-state index in [9.17, 15) is 9.90 Å². The van der Waals surface area contributed by atoms with Gasteiger partial charge in [-0.05, 0) is 19.4 Å². The first kappa shape index (κ1) is 16.6. The van der Waals surface area contributed by atoms with Gasteiger partial charge in [0.05, 0.1) is 18.7 Å². The van der Waals surface area contributed by atoms with Gasteiger partial charge in [-0.2, -0.15) is 0 Å². The number of hydrogen-bond donors (Lipinski definition) is 2. The SMILES string of the molecule is C[C@@H](O)[C@H](N)C(=O)N1Cc2nnc(Cc3ccccc3)n2[C@@H](C)C1. The van der Waals surface area contributed by atoms with Crippen LogP contribution < -0.4 is 5.73 Å². The van der Waals surface area contributed by atoms with Gasteiger partial charge in [0, 0.05) is 13.0 Å². The predicted octanol–water partition coefficient (Wildman–Crippen LogP) is 0.480. The van der Waals surface area contributed by atoms with Crippen molar-refractivity contribution in [1.82, 2.24) is 19.7 Å². The van der Waals surface area contributed by atoms with Crippen LogP contribution in [0.4, 0.5) is 0 Å². The highest BCUT2D eigenvalue weighted by Crippen LogP contribution is 2.23. The van der Waals surface area contributed by atoms with E-state index in [4.69, 9.17) is 5.73 Å². The van der Waals surface area contributed by atoms with Gasteiger partial charge in [0.1, 0.15) is 11.9 Å². The first-order chi connectivity index (χ1) is 11.5. The molecule has 128 valence electrons. The molecule has 3 rings (SSSR count). The number of fused-ring (bicyclic) bond motifs is 1. The van der Waals surface area contributed by atoms with Crippen LogP contribution in [0.3, 0.4) is 0 Å². The zero-order valence-electron chi connectivity index (χ0n) is 14.0. The molecule has 3 atom stereocenters. The van der Waals surface area contributed by atoms with E-state index in [1.54, 1.807) is 4.90 Å². The second kappa shape index (κ2) is 6.70. The maximum atomic E-state index is 12.4. The number of aliphatic hydroxyl groups is 1. The second-order valence-corrected chi connectivity index (χ2v) is 6.40. The van der Waals surface area contributed by atoms with E-state index in [2.05, 4.69) is 26.9 Å². The van der Waals surface area contributed by atoms with Crippen LogP contribution in [0.2, 0.25) is 0 Å². The third-order valence-corrected chi connectivity index (χ3v) is 4.42. The van der Waals surface area contributed by atoms with Gasteiger partial charge >= 0.3 is 0 Å². The molecule has 0 spiro atoms. The number of nitrogens with two attached hydrogens (primary N) is 1. The average Bonchev–Trinajstić information content (AvgIpc) is 2.97. The van der Waals surface area contributed by atoms with E-state index in [1.807, 2.05) is 25.1 Å². The number of aliphatic hydroxyl groups excluding tert-OH is 1. The summed E-state index contributed by atoms with van der Waals surface area (Å²) < 4.78 is 2.10. The average molecular weight is 329 g/mol. The van der Waals surface area contributed by atoms with Gasteiger partial charge in [-0.15, -0.1) is 10.2 Å². The highest BCUT2D eigenvalue weighted by Gasteiger charge is 2.32. The molecule has 1 aliphatic rings. The quantitative estimate of drug-likeness (QED) is 0.850. The van der Waals surface area contributed by atoms with Crippen molar-refractivity contribution in [2.45, 2.75) is 45.0 Å². The van der Waals surface area contributed by atoms with Crippen LogP contribution in [0.15, 0.2) is 30.3 Å². The molecule has 0 radical (unpaired) electrons. The van der Waals surface area contributed by atoms with E-state index in [0.29, 0.717) is 19.5 Å². The Morgan fingerprint density at radius 3 is 2.75 bits per heavy atom. The number of nitrogens with zero attached hydrogens (tertiary/aromatic N) is 4. The van der Waals surface area contributed by atoms with Gasteiger partial charge in [-0.1, -0.05) is 30.3 Å². The van der Waals surface area contributed by atoms with Gasteiger partial charge in [-0.3, -0.25) is 4.79 Å². The van der Waals surface area contributed by atoms with Gasteiger partial charge in [0.2, 0.25) is 5.91 Å². The monoisotopic (exact) mass is 329 g/mol. The van der Waals surface area contributed by atoms with Crippen LogP contribution in [0, 0.1) is 0 Å². The Morgan fingerprint density at radius 2 is 2.08 bits per heavy atom. The molecule has 0 fully saturated rings. The second-order valence-electron chi connectivity index (χ2n) is 6.40. The fraction of sp³-hybridized carbons (Fsp3) is 0.471. The Morgan fingerprint density at radius 1 is 1.38 bits per heavy atom. The Kier molecular flexibility index (Phi) is 4.64. The molecule has 2 heterocycles. The van der Waals surface area contributed by atoms with Crippen LogP contribution in [-0.4, -0.2) is 49.4 Å². The standard InChI is InChI=1S/C17H23N5O2/c1-11-9-21(17(24)16(18)12(2)23)10-15-20-19-14(22(11)15)8-13-6-4-3-5-7-13/h3-7,11-12,16,23H,8-10,18H2,1-2H3/t11-,12+,16-/m0/s1. The third-order valence-electron chi connectivity index (χ3n) is 4.42. The third kappa shape index (κ3) is 3.18. The maximum absolute atomic E-state index is 12.4. The molecular formula is C17H23N5O2. The summed E-state index contributed by atoms with van der Waals surface area (Å²) in [7, 11) is 0. The minimum atomic E-state index is -0.907. The van der Waals surface area contributed by atoms with Gasteiger partial charge in [0.25, 0.3) is 0 Å². The van der Waals surface area contributed by atoms with Crippen molar-refractivity contribution in [2.24, 2.45) is 5.73 Å². The first-order valence-electron chi connectivity index (χ1n) is 8.16. The van der Waals surface area contributed by atoms with Crippen LogP contribution in [0.1, 0.15) is 37.1 Å². The molecular weight excluding hydrogens is 306 g/mol.